The van der Waals surface area contributed by atoms with Gasteiger partial charge in [-0.3, -0.25) is 4.79 Å². The van der Waals surface area contributed by atoms with Crippen LogP contribution in [0.2, 0.25) is 0 Å². The van der Waals surface area contributed by atoms with E-state index >= 15 is 0 Å². The molecule has 0 radical (unpaired) electrons. The van der Waals surface area contributed by atoms with Crippen molar-refractivity contribution >= 4 is 5.78 Å². The van der Waals surface area contributed by atoms with Gasteiger partial charge in [-0.15, -0.1) is 0 Å². The Bertz CT molecular complexity index is 285. The number of rotatable bonds is 7. The molecule has 15 heavy (non-hydrogen) atoms. The molecule has 3 heteroatoms. The summed E-state index contributed by atoms with van der Waals surface area (Å²) in [4.78, 5) is 11.6. The number of aliphatic hydroxyl groups excluding tert-OH is 1. The molecule has 0 aliphatic carbocycles. The summed E-state index contributed by atoms with van der Waals surface area (Å²) in [5, 5.41) is 11.6. The highest BCUT2D eigenvalue weighted by Gasteiger charge is 2.03. The summed E-state index contributed by atoms with van der Waals surface area (Å²) in [5.41, 5.74) is 0.777. The fraction of sp³-hybridized carbons (Fsp3) is 0.417. The van der Waals surface area contributed by atoms with Gasteiger partial charge in [-0.25, -0.2) is 0 Å². The highest BCUT2D eigenvalue weighted by molar-refractivity contribution is 5.95. The van der Waals surface area contributed by atoms with E-state index in [1.165, 1.54) is 0 Å². The van der Waals surface area contributed by atoms with E-state index in [4.69, 9.17) is 5.11 Å². The van der Waals surface area contributed by atoms with Crippen LogP contribution in [-0.4, -0.2) is 30.6 Å². The van der Waals surface area contributed by atoms with Gasteiger partial charge in [0.05, 0.1) is 6.61 Å². The fourth-order valence-electron chi connectivity index (χ4n) is 1.35. The Morgan fingerprint density at radius 1 is 1.20 bits per heavy atom. The molecule has 0 aliphatic rings. The lowest BCUT2D eigenvalue weighted by Gasteiger charge is -2.02. The van der Waals surface area contributed by atoms with Gasteiger partial charge in [-0.2, -0.15) is 0 Å². The van der Waals surface area contributed by atoms with E-state index in [0.717, 1.165) is 18.5 Å². The van der Waals surface area contributed by atoms with Gasteiger partial charge in [0, 0.05) is 18.5 Å². The molecule has 0 unspecified atom stereocenters. The Morgan fingerprint density at radius 2 is 1.93 bits per heavy atom. The first-order valence-electron chi connectivity index (χ1n) is 5.24. The number of hydrogen-bond acceptors (Lipinski definition) is 3. The molecule has 0 saturated heterocycles. The second-order valence-corrected chi connectivity index (χ2v) is 3.37. The highest BCUT2D eigenvalue weighted by atomic mass is 16.3. The largest absolute Gasteiger partial charge is 0.395 e. The molecule has 0 saturated carbocycles. The number of hydrogen-bond donors (Lipinski definition) is 2. The molecular weight excluding hydrogens is 190 g/mol. The van der Waals surface area contributed by atoms with Crippen LogP contribution in [-0.2, 0) is 0 Å². The summed E-state index contributed by atoms with van der Waals surface area (Å²) >= 11 is 0. The fourth-order valence-corrected chi connectivity index (χ4v) is 1.35. The summed E-state index contributed by atoms with van der Waals surface area (Å²) in [6.07, 6.45) is 1.37. The Hall–Kier alpha value is -1.19. The summed E-state index contributed by atoms with van der Waals surface area (Å²) in [6, 6.07) is 9.32. The van der Waals surface area contributed by atoms with E-state index in [-0.39, 0.29) is 12.4 Å². The first-order chi connectivity index (χ1) is 7.34. The Balaban J connectivity index is 2.20. The molecular formula is C12H17NO2. The average molecular weight is 207 g/mol. The van der Waals surface area contributed by atoms with Gasteiger partial charge in [-0.05, 0) is 13.0 Å². The number of Topliss-reactive ketones (excluding diaryl/α,β-unsaturated/α-hetero) is 1. The molecule has 82 valence electrons. The van der Waals surface area contributed by atoms with E-state index in [2.05, 4.69) is 5.32 Å². The Morgan fingerprint density at radius 3 is 2.60 bits per heavy atom. The lowest BCUT2D eigenvalue weighted by Crippen LogP contribution is -2.19. The summed E-state index contributed by atoms with van der Waals surface area (Å²) in [6.45, 7) is 1.52. The van der Waals surface area contributed by atoms with Gasteiger partial charge >= 0.3 is 0 Å². The minimum absolute atomic E-state index is 0.145. The van der Waals surface area contributed by atoms with E-state index in [0.29, 0.717) is 13.0 Å². The minimum Gasteiger partial charge on any atom is -0.395 e. The van der Waals surface area contributed by atoms with Crippen molar-refractivity contribution in [3.8, 4) is 0 Å². The zero-order valence-corrected chi connectivity index (χ0v) is 8.78. The van der Waals surface area contributed by atoms with Crippen molar-refractivity contribution in [3.63, 3.8) is 0 Å². The summed E-state index contributed by atoms with van der Waals surface area (Å²) < 4.78 is 0. The minimum atomic E-state index is 0.145. The van der Waals surface area contributed by atoms with Crippen LogP contribution < -0.4 is 5.32 Å². The first kappa shape index (κ1) is 11.9. The maximum Gasteiger partial charge on any atom is 0.162 e. The van der Waals surface area contributed by atoms with Gasteiger partial charge in [0.2, 0.25) is 0 Å². The van der Waals surface area contributed by atoms with E-state index in [1.54, 1.807) is 0 Å². The van der Waals surface area contributed by atoms with Crippen molar-refractivity contribution in [2.24, 2.45) is 0 Å². The van der Waals surface area contributed by atoms with Crippen LogP contribution in [0.25, 0.3) is 0 Å². The molecule has 2 N–H and O–H groups in total. The van der Waals surface area contributed by atoms with E-state index < -0.39 is 0 Å². The number of benzene rings is 1. The number of nitrogens with one attached hydrogen (secondary N) is 1. The van der Waals surface area contributed by atoms with E-state index in [9.17, 15) is 4.79 Å². The molecule has 1 aromatic rings. The third-order valence-corrected chi connectivity index (χ3v) is 2.14. The smallest absolute Gasteiger partial charge is 0.162 e. The average Bonchev–Trinajstić information content (AvgIpc) is 2.30. The highest BCUT2D eigenvalue weighted by Crippen LogP contribution is 2.04. The molecule has 0 spiro atoms. The van der Waals surface area contributed by atoms with Crippen molar-refractivity contribution in [2.75, 3.05) is 19.7 Å². The maximum atomic E-state index is 11.6. The number of carbonyl (C=O) groups excluding carboxylic acids is 1. The Labute approximate surface area is 90.1 Å². The number of ketones is 1. The normalized spacial score (nSPS) is 10.2. The van der Waals surface area contributed by atoms with Crippen LogP contribution in [0.15, 0.2) is 30.3 Å². The van der Waals surface area contributed by atoms with Crippen molar-refractivity contribution in [2.45, 2.75) is 12.8 Å². The van der Waals surface area contributed by atoms with Gasteiger partial charge in [0.1, 0.15) is 0 Å². The molecule has 0 atom stereocenters. The van der Waals surface area contributed by atoms with Crippen molar-refractivity contribution in [1.29, 1.82) is 0 Å². The quantitative estimate of drug-likeness (QED) is 0.522. The first-order valence-corrected chi connectivity index (χ1v) is 5.24. The zero-order chi connectivity index (χ0) is 10.9. The monoisotopic (exact) mass is 207 g/mol. The van der Waals surface area contributed by atoms with Crippen LogP contribution in [0, 0.1) is 0 Å². The topological polar surface area (TPSA) is 49.3 Å². The predicted octanol–water partition coefficient (Wildman–Crippen LogP) is 1.23. The van der Waals surface area contributed by atoms with Crippen molar-refractivity contribution < 1.29 is 9.90 Å². The molecule has 3 nitrogen and oxygen atoms in total. The van der Waals surface area contributed by atoms with Gasteiger partial charge in [0.25, 0.3) is 0 Å². The second kappa shape index (κ2) is 7.15. The molecule has 0 fully saturated rings. The lowest BCUT2D eigenvalue weighted by molar-refractivity contribution is 0.0980. The third-order valence-electron chi connectivity index (χ3n) is 2.14. The molecule has 0 amide bonds. The molecule has 0 aliphatic heterocycles. The number of carbonyl (C=O) groups is 1. The predicted molar refractivity (Wildman–Crippen MR) is 60.0 cm³/mol. The zero-order valence-electron chi connectivity index (χ0n) is 8.78. The second-order valence-electron chi connectivity index (χ2n) is 3.37. The number of aliphatic hydroxyl groups is 1. The maximum absolute atomic E-state index is 11.6. The molecule has 0 heterocycles. The SMILES string of the molecule is O=C(CCCNCCO)c1ccccc1. The summed E-state index contributed by atoms with van der Waals surface area (Å²) in [5.74, 6) is 0.182. The van der Waals surface area contributed by atoms with Crippen molar-refractivity contribution in [1.82, 2.24) is 5.32 Å². The van der Waals surface area contributed by atoms with Gasteiger partial charge < -0.3 is 10.4 Å². The van der Waals surface area contributed by atoms with Crippen LogP contribution in [0.1, 0.15) is 23.2 Å². The van der Waals surface area contributed by atoms with Gasteiger partial charge in [0.15, 0.2) is 5.78 Å². The van der Waals surface area contributed by atoms with Gasteiger partial charge in [-0.1, -0.05) is 30.3 Å². The third kappa shape index (κ3) is 4.72. The lowest BCUT2D eigenvalue weighted by atomic mass is 10.1. The van der Waals surface area contributed by atoms with E-state index in [1.807, 2.05) is 30.3 Å². The molecule has 0 bridgehead atoms. The van der Waals surface area contributed by atoms with Crippen LogP contribution in [0.3, 0.4) is 0 Å². The van der Waals surface area contributed by atoms with Crippen LogP contribution in [0.5, 0.6) is 0 Å². The Kier molecular flexibility index (Phi) is 5.66. The van der Waals surface area contributed by atoms with Crippen LogP contribution >= 0.6 is 0 Å². The van der Waals surface area contributed by atoms with Crippen LogP contribution in [0.4, 0.5) is 0 Å². The van der Waals surface area contributed by atoms with Crippen molar-refractivity contribution in [3.05, 3.63) is 35.9 Å². The molecule has 0 aromatic heterocycles. The molecule has 1 aromatic carbocycles. The summed E-state index contributed by atoms with van der Waals surface area (Å²) in [7, 11) is 0. The standard InChI is InChI=1S/C12H17NO2/c14-10-9-13-8-4-7-12(15)11-5-2-1-3-6-11/h1-3,5-6,13-14H,4,7-10H2. The molecule has 1 rings (SSSR count).